The van der Waals surface area contributed by atoms with Crippen molar-refractivity contribution in [1.82, 2.24) is 15.5 Å². The standard InChI is InChI=1S/C43H65N3O3/c1-28(2)31-16-22-43(45-27-26-44-25-19-36(47)46(8)9)24-23-41(6)33(37(31)43)14-15-35-40(5)20-17-32(29-10-12-30(13-11-29)38(48)49)39(3,4)34(40)18-21-42(35,41)7/h10-13,17,31,33-35,37,44-45H,1,14-16,18-27H2,2-9H3,(H,48,49)/t31-,33?,34-,35+,37+,40-,41+,42+,43-/m0/s1. The quantitative estimate of drug-likeness (QED) is 0.172. The Bertz CT molecular complexity index is 1480. The van der Waals surface area contributed by atoms with Gasteiger partial charge in [0, 0.05) is 45.7 Å². The maximum Gasteiger partial charge on any atom is 0.335 e. The zero-order valence-corrected chi connectivity index (χ0v) is 31.9. The number of aromatic carboxylic acids is 1. The number of carbonyl (C=O) groups excluding carboxylic acids is 1. The number of hydrogen-bond acceptors (Lipinski definition) is 4. The van der Waals surface area contributed by atoms with Crippen molar-refractivity contribution < 1.29 is 14.7 Å². The van der Waals surface area contributed by atoms with Crippen molar-refractivity contribution in [2.24, 2.45) is 51.2 Å². The fraction of sp³-hybridized carbons (Fsp3) is 0.721. The minimum absolute atomic E-state index is 0.0206. The first-order valence-corrected chi connectivity index (χ1v) is 19.4. The lowest BCUT2D eigenvalue weighted by Crippen LogP contribution is -2.68. The average Bonchev–Trinajstić information content (AvgIpc) is 3.43. The number of carboxylic acid groups (broad SMARTS) is 1. The van der Waals surface area contributed by atoms with Crippen LogP contribution < -0.4 is 10.6 Å². The van der Waals surface area contributed by atoms with Crippen LogP contribution in [-0.4, -0.2) is 61.2 Å². The van der Waals surface area contributed by atoms with E-state index in [0.717, 1.165) is 26.1 Å². The Labute approximate surface area is 297 Å². The van der Waals surface area contributed by atoms with Gasteiger partial charge in [0.2, 0.25) is 5.91 Å². The molecule has 1 aromatic carbocycles. The van der Waals surface area contributed by atoms with Crippen LogP contribution in [0, 0.1) is 51.2 Å². The number of nitrogens with one attached hydrogen (secondary N) is 2. The second-order valence-electron chi connectivity index (χ2n) is 18.5. The molecule has 0 bridgehead atoms. The second-order valence-corrected chi connectivity index (χ2v) is 18.5. The van der Waals surface area contributed by atoms with Crippen LogP contribution in [0.1, 0.15) is 122 Å². The van der Waals surface area contributed by atoms with Gasteiger partial charge < -0.3 is 20.6 Å². The number of rotatable bonds is 10. The number of hydrogen-bond donors (Lipinski definition) is 3. The number of allylic oxidation sites excluding steroid dienone is 3. The van der Waals surface area contributed by atoms with E-state index in [4.69, 9.17) is 0 Å². The van der Waals surface area contributed by atoms with Crippen LogP contribution in [-0.2, 0) is 4.79 Å². The molecular weight excluding hydrogens is 606 g/mol. The second kappa shape index (κ2) is 13.0. The monoisotopic (exact) mass is 672 g/mol. The zero-order valence-electron chi connectivity index (χ0n) is 31.9. The van der Waals surface area contributed by atoms with Gasteiger partial charge in [0.05, 0.1) is 5.56 Å². The minimum atomic E-state index is -0.864. The largest absolute Gasteiger partial charge is 0.478 e. The van der Waals surface area contributed by atoms with Gasteiger partial charge in [-0.15, -0.1) is 0 Å². The number of carboxylic acids is 1. The molecule has 5 aliphatic rings. The Kier molecular flexibility index (Phi) is 9.61. The highest BCUT2D eigenvalue weighted by molar-refractivity contribution is 5.88. The molecular formula is C43H65N3O3. The molecule has 6 heteroatoms. The van der Waals surface area contributed by atoms with Crippen molar-refractivity contribution in [2.45, 2.75) is 111 Å². The number of nitrogens with zero attached hydrogens (tertiary/aromatic N) is 1. The van der Waals surface area contributed by atoms with Crippen LogP contribution >= 0.6 is 0 Å². The Morgan fingerprint density at radius 3 is 2.24 bits per heavy atom. The smallest absolute Gasteiger partial charge is 0.335 e. The van der Waals surface area contributed by atoms with Crippen molar-refractivity contribution in [3.8, 4) is 0 Å². The summed E-state index contributed by atoms with van der Waals surface area (Å²) in [6.07, 6.45) is 14.4. The molecule has 1 amide bonds. The molecule has 1 unspecified atom stereocenters. The lowest BCUT2D eigenvalue weighted by atomic mass is 9.33. The third kappa shape index (κ3) is 5.76. The summed E-state index contributed by atoms with van der Waals surface area (Å²) in [6, 6.07) is 7.60. The molecule has 0 spiro atoms. The molecule has 49 heavy (non-hydrogen) atoms. The topological polar surface area (TPSA) is 81.7 Å². The molecule has 0 radical (unpaired) electrons. The van der Waals surface area contributed by atoms with Gasteiger partial charge in [0.1, 0.15) is 0 Å². The van der Waals surface area contributed by atoms with Gasteiger partial charge in [-0.2, -0.15) is 0 Å². The van der Waals surface area contributed by atoms with Crippen LogP contribution in [0.25, 0.3) is 5.57 Å². The number of carbonyl (C=O) groups is 2. The highest BCUT2D eigenvalue weighted by Crippen LogP contribution is 2.76. The van der Waals surface area contributed by atoms with E-state index in [2.05, 4.69) is 64.8 Å². The fourth-order valence-corrected chi connectivity index (χ4v) is 13.3. The van der Waals surface area contributed by atoms with E-state index in [0.29, 0.717) is 52.4 Å². The molecule has 3 N–H and O–H groups in total. The summed E-state index contributed by atoms with van der Waals surface area (Å²) < 4.78 is 0. The SMILES string of the molecule is C=C(C)[C@@H]1CC[C@]2(NCCNCCC(=O)N(C)C)CC[C@]3(C)C(CC[C@@H]4[C@@]5(C)CC=C(c6ccc(C(=O)O)cc6)C(C)(C)[C@@H]5CC[C@]43C)[C@@H]12. The maximum absolute atomic E-state index is 12.0. The molecule has 6 nitrogen and oxygen atoms in total. The van der Waals surface area contributed by atoms with Crippen LogP contribution in [0.3, 0.4) is 0 Å². The lowest BCUT2D eigenvalue weighted by Gasteiger charge is -2.72. The van der Waals surface area contributed by atoms with E-state index < -0.39 is 5.97 Å². The summed E-state index contributed by atoms with van der Waals surface area (Å²) in [5.74, 6) is 2.50. The van der Waals surface area contributed by atoms with Crippen LogP contribution in [0.5, 0.6) is 0 Å². The van der Waals surface area contributed by atoms with Crippen LogP contribution in [0.15, 0.2) is 42.5 Å². The summed E-state index contributed by atoms with van der Waals surface area (Å²) >= 11 is 0. The van der Waals surface area contributed by atoms with Crippen LogP contribution in [0.4, 0.5) is 0 Å². The van der Waals surface area contributed by atoms with Gasteiger partial charge in [0.15, 0.2) is 0 Å². The average molecular weight is 672 g/mol. The molecule has 0 aromatic heterocycles. The number of fused-ring (bicyclic) bond motifs is 7. The van der Waals surface area contributed by atoms with Gasteiger partial charge in [-0.1, -0.05) is 65.0 Å². The number of amides is 1. The molecule has 9 atom stereocenters. The minimum Gasteiger partial charge on any atom is -0.478 e. The Balaban J connectivity index is 1.23. The summed E-state index contributed by atoms with van der Waals surface area (Å²) in [5, 5.41) is 17.2. The van der Waals surface area contributed by atoms with Crippen LogP contribution in [0.2, 0.25) is 0 Å². The lowest BCUT2D eigenvalue weighted by molar-refractivity contribution is -0.219. The van der Waals surface area contributed by atoms with Gasteiger partial charge in [-0.3, -0.25) is 4.79 Å². The van der Waals surface area contributed by atoms with Crippen molar-refractivity contribution in [2.75, 3.05) is 33.7 Å². The normalized spacial score (nSPS) is 39.1. The van der Waals surface area contributed by atoms with E-state index in [1.165, 1.54) is 68.1 Å². The van der Waals surface area contributed by atoms with Gasteiger partial charge in [-0.25, -0.2) is 4.79 Å². The molecule has 1 aromatic rings. The maximum atomic E-state index is 12.0. The Morgan fingerprint density at radius 2 is 1.59 bits per heavy atom. The first-order chi connectivity index (χ1) is 23.0. The first-order valence-electron chi connectivity index (χ1n) is 19.4. The van der Waals surface area contributed by atoms with Crippen molar-refractivity contribution in [3.05, 3.63) is 53.6 Å². The van der Waals surface area contributed by atoms with E-state index in [9.17, 15) is 14.7 Å². The molecule has 6 rings (SSSR count). The molecule has 270 valence electrons. The summed E-state index contributed by atoms with van der Waals surface area (Å²) in [5.41, 5.74) is 5.35. The van der Waals surface area contributed by atoms with Gasteiger partial charge in [0.25, 0.3) is 0 Å². The summed E-state index contributed by atoms with van der Waals surface area (Å²) in [4.78, 5) is 25.3. The molecule has 4 fully saturated rings. The van der Waals surface area contributed by atoms with E-state index >= 15 is 0 Å². The molecule has 0 aliphatic heterocycles. The molecule has 0 heterocycles. The van der Waals surface area contributed by atoms with Gasteiger partial charge >= 0.3 is 5.97 Å². The third-order valence-electron chi connectivity index (χ3n) is 15.9. The summed E-state index contributed by atoms with van der Waals surface area (Å²) in [6.45, 7) is 22.5. The zero-order chi connectivity index (χ0) is 35.6. The predicted octanol–water partition coefficient (Wildman–Crippen LogP) is 8.45. The van der Waals surface area contributed by atoms with Crippen molar-refractivity contribution in [1.29, 1.82) is 0 Å². The predicted molar refractivity (Wildman–Crippen MR) is 200 cm³/mol. The molecule has 0 saturated heterocycles. The van der Waals surface area contributed by atoms with E-state index in [1.54, 1.807) is 17.0 Å². The van der Waals surface area contributed by atoms with Crippen molar-refractivity contribution >= 4 is 17.4 Å². The highest BCUT2D eigenvalue weighted by atomic mass is 16.4. The summed E-state index contributed by atoms with van der Waals surface area (Å²) in [7, 11) is 3.65. The fourth-order valence-electron chi connectivity index (χ4n) is 13.3. The van der Waals surface area contributed by atoms with E-state index in [-0.39, 0.29) is 22.3 Å². The molecule has 5 aliphatic carbocycles. The van der Waals surface area contributed by atoms with Crippen molar-refractivity contribution in [3.63, 3.8) is 0 Å². The third-order valence-corrected chi connectivity index (χ3v) is 15.9. The first kappa shape index (κ1) is 36.4. The Hall–Kier alpha value is -2.44. The van der Waals surface area contributed by atoms with Gasteiger partial charge in [-0.05, 0) is 139 Å². The Morgan fingerprint density at radius 1 is 0.878 bits per heavy atom. The van der Waals surface area contributed by atoms with E-state index in [1.807, 2.05) is 26.2 Å². The molecule has 4 saturated carbocycles. The highest BCUT2D eigenvalue weighted by Gasteiger charge is 2.70. The number of benzene rings is 1.